The first-order valence-corrected chi connectivity index (χ1v) is 10.7. The van der Waals surface area contributed by atoms with E-state index in [9.17, 15) is 9.59 Å². The summed E-state index contributed by atoms with van der Waals surface area (Å²) in [6.07, 6.45) is 0.542. The van der Waals surface area contributed by atoms with Crippen LogP contribution < -0.4 is 15.5 Å². The number of rotatable bonds is 4. The first kappa shape index (κ1) is 22.3. The zero-order valence-electron chi connectivity index (χ0n) is 16.5. The predicted molar refractivity (Wildman–Crippen MR) is 126 cm³/mol. The van der Waals surface area contributed by atoms with Gasteiger partial charge in [0, 0.05) is 49.0 Å². The van der Waals surface area contributed by atoms with E-state index in [-0.39, 0.29) is 16.6 Å². The molecule has 3 rings (SSSR count). The monoisotopic (exact) mass is 464 g/mol. The van der Waals surface area contributed by atoms with Crippen molar-refractivity contribution in [3.63, 3.8) is 0 Å². The molecule has 1 heterocycles. The maximum Gasteiger partial charge on any atom is 0.258 e. The third-order valence-corrected chi connectivity index (χ3v) is 5.59. The van der Waals surface area contributed by atoms with Crippen molar-refractivity contribution in [2.45, 2.75) is 13.3 Å². The van der Waals surface area contributed by atoms with Crippen LogP contribution in [0.2, 0.25) is 10.0 Å². The van der Waals surface area contributed by atoms with Crippen molar-refractivity contribution in [3.05, 3.63) is 58.1 Å². The summed E-state index contributed by atoms with van der Waals surface area (Å²) < 4.78 is 0. The second-order valence-corrected chi connectivity index (χ2v) is 8.05. The molecule has 2 aromatic rings. The van der Waals surface area contributed by atoms with Crippen LogP contribution in [0, 0.1) is 0 Å². The second-order valence-electron chi connectivity index (χ2n) is 6.80. The lowest BCUT2D eigenvalue weighted by atomic mass is 10.2. The van der Waals surface area contributed by atoms with Gasteiger partial charge in [0.25, 0.3) is 5.91 Å². The Bertz CT molecular complexity index is 945. The molecule has 1 aliphatic heterocycles. The van der Waals surface area contributed by atoms with Crippen molar-refractivity contribution in [3.8, 4) is 0 Å². The van der Waals surface area contributed by atoms with Gasteiger partial charge in [-0.15, -0.1) is 0 Å². The minimum Gasteiger partial charge on any atom is -0.368 e. The molecule has 158 valence electrons. The summed E-state index contributed by atoms with van der Waals surface area (Å²) in [5.41, 5.74) is 2.08. The number of amides is 2. The summed E-state index contributed by atoms with van der Waals surface area (Å²) in [6.45, 7) is 4.95. The number of nitrogens with one attached hydrogen (secondary N) is 2. The normalized spacial score (nSPS) is 13.7. The third kappa shape index (κ3) is 5.62. The Hall–Kier alpha value is -2.35. The number of carbonyl (C=O) groups is 2. The summed E-state index contributed by atoms with van der Waals surface area (Å²) in [4.78, 5) is 28.3. The van der Waals surface area contributed by atoms with E-state index in [2.05, 4.69) is 15.5 Å². The molecular weight excluding hydrogens is 443 g/mol. The maximum absolute atomic E-state index is 12.4. The molecular formula is C21H22Cl2N4O2S. The molecule has 0 aliphatic carbocycles. The van der Waals surface area contributed by atoms with Crippen molar-refractivity contribution in [1.29, 1.82) is 0 Å². The molecule has 6 nitrogen and oxygen atoms in total. The molecule has 0 saturated carbocycles. The molecule has 0 atom stereocenters. The van der Waals surface area contributed by atoms with Crippen LogP contribution in [0.3, 0.4) is 0 Å². The number of piperazine rings is 1. The van der Waals surface area contributed by atoms with Crippen LogP contribution in [-0.2, 0) is 4.79 Å². The van der Waals surface area contributed by atoms with Crippen LogP contribution >= 0.6 is 35.4 Å². The van der Waals surface area contributed by atoms with E-state index in [0.717, 1.165) is 37.6 Å². The number of carbonyl (C=O) groups excluding carboxylic acids is 2. The molecule has 1 saturated heterocycles. The average Bonchev–Trinajstić information content (AvgIpc) is 2.75. The fraction of sp³-hybridized carbons (Fsp3) is 0.286. The highest BCUT2D eigenvalue weighted by Crippen LogP contribution is 2.21. The smallest absolute Gasteiger partial charge is 0.258 e. The quantitative estimate of drug-likeness (QED) is 0.664. The molecule has 2 amide bonds. The average molecular weight is 465 g/mol. The van der Waals surface area contributed by atoms with E-state index in [1.54, 1.807) is 12.1 Å². The highest BCUT2D eigenvalue weighted by atomic mass is 35.5. The van der Waals surface area contributed by atoms with Gasteiger partial charge in [-0.3, -0.25) is 14.9 Å². The molecule has 2 N–H and O–H groups in total. The number of anilines is 2. The van der Waals surface area contributed by atoms with Gasteiger partial charge in [0.15, 0.2) is 5.11 Å². The van der Waals surface area contributed by atoms with Gasteiger partial charge in [0.1, 0.15) is 0 Å². The van der Waals surface area contributed by atoms with Crippen LogP contribution in [-0.4, -0.2) is 48.0 Å². The Balaban J connectivity index is 1.54. The molecule has 0 unspecified atom stereocenters. The van der Waals surface area contributed by atoms with Crippen molar-refractivity contribution in [2.24, 2.45) is 0 Å². The molecule has 2 aromatic carbocycles. The summed E-state index contributed by atoms with van der Waals surface area (Å²) in [5.74, 6) is -0.236. The Labute approximate surface area is 191 Å². The van der Waals surface area contributed by atoms with Gasteiger partial charge in [-0.25, -0.2) is 0 Å². The van der Waals surface area contributed by atoms with E-state index < -0.39 is 5.91 Å². The summed E-state index contributed by atoms with van der Waals surface area (Å²) in [5, 5.41) is 6.46. The highest BCUT2D eigenvalue weighted by Gasteiger charge is 2.20. The standard InChI is InChI=1S/C21H22Cl2N4O2S/c1-2-19(28)27-11-9-26(10-12-27)16-6-4-15(5-7-16)24-21(30)25-20(29)17-13-14(22)3-8-18(17)23/h3-8,13H,2,9-12H2,1H3,(H2,24,25,29,30). The Morgan fingerprint density at radius 1 is 1.03 bits per heavy atom. The van der Waals surface area contributed by atoms with Crippen LogP contribution in [0.25, 0.3) is 0 Å². The Kier molecular flexibility index (Phi) is 7.53. The Morgan fingerprint density at radius 2 is 1.70 bits per heavy atom. The van der Waals surface area contributed by atoms with Gasteiger partial charge < -0.3 is 15.1 Å². The van der Waals surface area contributed by atoms with E-state index in [0.29, 0.717) is 16.5 Å². The number of halogens is 2. The van der Waals surface area contributed by atoms with Gasteiger partial charge in [-0.05, 0) is 54.7 Å². The topological polar surface area (TPSA) is 64.7 Å². The van der Waals surface area contributed by atoms with E-state index in [1.165, 1.54) is 6.07 Å². The lowest BCUT2D eigenvalue weighted by Gasteiger charge is -2.36. The largest absolute Gasteiger partial charge is 0.368 e. The van der Waals surface area contributed by atoms with E-state index in [4.69, 9.17) is 35.4 Å². The fourth-order valence-electron chi connectivity index (χ4n) is 3.20. The van der Waals surface area contributed by atoms with Crippen molar-refractivity contribution in [2.75, 3.05) is 36.4 Å². The minimum atomic E-state index is -0.434. The zero-order valence-corrected chi connectivity index (χ0v) is 18.8. The van der Waals surface area contributed by atoms with E-state index >= 15 is 0 Å². The van der Waals surface area contributed by atoms with Crippen LogP contribution in [0.5, 0.6) is 0 Å². The fourth-order valence-corrected chi connectivity index (χ4v) is 3.78. The first-order valence-electron chi connectivity index (χ1n) is 9.57. The number of hydrogen-bond acceptors (Lipinski definition) is 4. The summed E-state index contributed by atoms with van der Waals surface area (Å²) >= 11 is 17.2. The molecule has 1 fully saturated rings. The van der Waals surface area contributed by atoms with Crippen molar-refractivity contribution >= 4 is 63.7 Å². The molecule has 0 aromatic heterocycles. The van der Waals surface area contributed by atoms with Gasteiger partial charge in [-0.1, -0.05) is 30.1 Å². The van der Waals surface area contributed by atoms with Gasteiger partial charge in [-0.2, -0.15) is 0 Å². The third-order valence-electron chi connectivity index (χ3n) is 4.83. The lowest BCUT2D eigenvalue weighted by Crippen LogP contribution is -2.48. The number of hydrogen-bond donors (Lipinski definition) is 2. The van der Waals surface area contributed by atoms with Crippen molar-refractivity contribution in [1.82, 2.24) is 10.2 Å². The van der Waals surface area contributed by atoms with E-state index in [1.807, 2.05) is 36.1 Å². The predicted octanol–water partition coefficient (Wildman–Crippen LogP) is 4.18. The molecule has 30 heavy (non-hydrogen) atoms. The molecule has 0 bridgehead atoms. The van der Waals surface area contributed by atoms with Gasteiger partial charge in [0.05, 0.1) is 10.6 Å². The van der Waals surface area contributed by atoms with Crippen molar-refractivity contribution < 1.29 is 9.59 Å². The number of thiocarbonyl (C=S) groups is 1. The lowest BCUT2D eigenvalue weighted by molar-refractivity contribution is -0.131. The second kappa shape index (κ2) is 10.1. The SMILES string of the molecule is CCC(=O)N1CCN(c2ccc(NC(=S)NC(=O)c3cc(Cl)ccc3Cl)cc2)CC1. The maximum atomic E-state index is 12.4. The summed E-state index contributed by atoms with van der Waals surface area (Å²) in [7, 11) is 0. The number of nitrogens with zero attached hydrogens (tertiary/aromatic N) is 2. The van der Waals surface area contributed by atoms with Crippen LogP contribution in [0.1, 0.15) is 23.7 Å². The summed E-state index contributed by atoms with van der Waals surface area (Å²) in [6, 6.07) is 12.4. The first-order chi connectivity index (χ1) is 14.4. The van der Waals surface area contributed by atoms with Gasteiger partial charge >= 0.3 is 0 Å². The minimum absolute atomic E-state index is 0.162. The van der Waals surface area contributed by atoms with Crippen LogP contribution in [0.15, 0.2) is 42.5 Å². The van der Waals surface area contributed by atoms with Crippen LogP contribution in [0.4, 0.5) is 11.4 Å². The molecule has 9 heteroatoms. The number of benzene rings is 2. The zero-order chi connectivity index (χ0) is 21.7. The Morgan fingerprint density at radius 3 is 2.33 bits per heavy atom. The molecule has 1 aliphatic rings. The van der Waals surface area contributed by atoms with Gasteiger partial charge in [0.2, 0.25) is 5.91 Å². The molecule has 0 radical (unpaired) electrons. The highest BCUT2D eigenvalue weighted by molar-refractivity contribution is 7.80. The molecule has 0 spiro atoms.